The van der Waals surface area contributed by atoms with Crippen molar-refractivity contribution in [1.29, 1.82) is 5.26 Å². The zero-order valence-electron chi connectivity index (χ0n) is 9.74. The quantitative estimate of drug-likeness (QED) is 0.848. The Bertz CT molecular complexity index is 426. The average molecular weight is 234 g/mol. The van der Waals surface area contributed by atoms with E-state index in [1.165, 1.54) is 6.07 Å². The highest BCUT2D eigenvalue weighted by Crippen LogP contribution is 2.07. The minimum absolute atomic E-state index is 0.00853. The molecule has 3 nitrogen and oxygen atoms in total. The third kappa shape index (κ3) is 4.23. The Labute approximate surface area is 100 Å². The van der Waals surface area contributed by atoms with Gasteiger partial charge in [0.2, 0.25) is 5.91 Å². The maximum absolute atomic E-state index is 13.3. The van der Waals surface area contributed by atoms with Crippen LogP contribution in [0.25, 0.3) is 0 Å². The summed E-state index contributed by atoms with van der Waals surface area (Å²) in [6.45, 7) is 1.89. The van der Waals surface area contributed by atoms with Crippen molar-refractivity contribution < 1.29 is 9.18 Å². The normalized spacial score (nSPS) is 11.6. The molecule has 4 heteroatoms. The van der Waals surface area contributed by atoms with Gasteiger partial charge in [-0.05, 0) is 18.1 Å². The maximum atomic E-state index is 13.3. The predicted octanol–water partition coefficient (Wildman–Crippen LogP) is 2.18. The molecule has 0 bridgehead atoms. The summed E-state index contributed by atoms with van der Waals surface area (Å²) in [7, 11) is 0. The molecule has 1 amide bonds. The second kappa shape index (κ2) is 6.64. The summed E-state index contributed by atoms with van der Waals surface area (Å²) in [5.74, 6) is -0.631. The van der Waals surface area contributed by atoms with Crippen LogP contribution in [0.3, 0.4) is 0 Å². The summed E-state index contributed by atoms with van der Waals surface area (Å²) < 4.78 is 13.3. The molecule has 0 spiro atoms. The Morgan fingerprint density at radius 1 is 1.53 bits per heavy atom. The van der Waals surface area contributed by atoms with Crippen molar-refractivity contribution in [2.24, 2.45) is 0 Å². The zero-order valence-corrected chi connectivity index (χ0v) is 9.74. The van der Waals surface area contributed by atoms with Crippen LogP contribution >= 0.6 is 0 Å². The molecule has 0 saturated heterocycles. The molecule has 1 aromatic carbocycles. The molecule has 0 fully saturated rings. The van der Waals surface area contributed by atoms with Crippen LogP contribution in [0.15, 0.2) is 24.3 Å². The highest BCUT2D eigenvalue weighted by molar-refractivity contribution is 5.78. The third-order valence-electron chi connectivity index (χ3n) is 2.50. The lowest BCUT2D eigenvalue weighted by Gasteiger charge is -2.13. The molecule has 0 aliphatic rings. The first-order chi connectivity index (χ1) is 8.17. The minimum atomic E-state index is -0.379. The number of halogens is 1. The molecule has 0 saturated carbocycles. The molecule has 1 aromatic rings. The highest BCUT2D eigenvalue weighted by atomic mass is 19.1. The van der Waals surface area contributed by atoms with Gasteiger partial charge in [-0.1, -0.05) is 25.1 Å². The summed E-state index contributed by atoms with van der Waals surface area (Å²) >= 11 is 0. The average Bonchev–Trinajstić information content (AvgIpc) is 2.31. The molecule has 1 unspecified atom stereocenters. The summed E-state index contributed by atoms with van der Waals surface area (Å²) in [5.41, 5.74) is 0.372. The number of rotatable bonds is 5. The Balaban J connectivity index is 2.56. The van der Waals surface area contributed by atoms with Crippen LogP contribution in [0.5, 0.6) is 0 Å². The Morgan fingerprint density at radius 3 is 2.82 bits per heavy atom. The lowest BCUT2D eigenvalue weighted by molar-refractivity contribution is -0.121. The van der Waals surface area contributed by atoms with Gasteiger partial charge in [0.25, 0.3) is 0 Å². The molecule has 1 atom stereocenters. The number of nitrogens with one attached hydrogen (secondary N) is 1. The number of nitrogens with zero attached hydrogens (tertiary/aromatic N) is 1. The number of benzene rings is 1. The lowest BCUT2D eigenvalue weighted by Crippen LogP contribution is -2.35. The SMILES string of the molecule is CCC(CC#N)NC(=O)Cc1ccccc1F. The van der Waals surface area contributed by atoms with E-state index < -0.39 is 0 Å². The molecule has 17 heavy (non-hydrogen) atoms. The van der Waals surface area contributed by atoms with Crippen LogP contribution < -0.4 is 5.32 Å². The van der Waals surface area contributed by atoms with Crippen molar-refractivity contribution in [3.05, 3.63) is 35.6 Å². The fourth-order valence-corrected chi connectivity index (χ4v) is 1.50. The van der Waals surface area contributed by atoms with Gasteiger partial charge in [-0.25, -0.2) is 4.39 Å². The predicted molar refractivity (Wildman–Crippen MR) is 62.6 cm³/mol. The second-order valence-electron chi connectivity index (χ2n) is 3.80. The zero-order chi connectivity index (χ0) is 12.7. The molecule has 0 aromatic heterocycles. The molecule has 0 radical (unpaired) electrons. The third-order valence-corrected chi connectivity index (χ3v) is 2.50. The summed E-state index contributed by atoms with van der Waals surface area (Å²) in [5, 5.41) is 11.3. The Morgan fingerprint density at radius 2 is 2.24 bits per heavy atom. The van der Waals surface area contributed by atoms with Gasteiger partial charge in [0.05, 0.1) is 18.9 Å². The number of nitriles is 1. The van der Waals surface area contributed by atoms with Crippen LogP contribution in [0, 0.1) is 17.1 Å². The lowest BCUT2D eigenvalue weighted by atomic mass is 10.1. The van der Waals surface area contributed by atoms with Crippen LogP contribution in [0.4, 0.5) is 4.39 Å². The van der Waals surface area contributed by atoms with Gasteiger partial charge < -0.3 is 5.32 Å². The topological polar surface area (TPSA) is 52.9 Å². The summed E-state index contributed by atoms with van der Waals surface area (Å²) in [6.07, 6.45) is 0.977. The standard InChI is InChI=1S/C13H15FN2O/c1-2-11(7-8-15)16-13(17)9-10-5-3-4-6-12(10)14/h3-6,11H,2,7,9H2,1H3,(H,16,17). The van der Waals surface area contributed by atoms with Crippen molar-refractivity contribution in [3.63, 3.8) is 0 Å². The molecule has 0 heterocycles. The molecule has 1 rings (SSSR count). The van der Waals surface area contributed by atoms with Crippen molar-refractivity contribution in [2.75, 3.05) is 0 Å². The molecule has 1 N–H and O–H groups in total. The minimum Gasteiger partial charge on any atom is -0.352 e. The van der Waals surface area contributed by atoms with E-state index in [0.29, 0.717) is 12.0 Å². The number of amides is 1. The maximum Gasteiger partial charge on any atom is 0.224 e. The van der Waals surface area contributed by atoms with E-state index in [4.69, 9.17) is 5.26 Å². The van der Waals surface area contributed by atoms with E-state index in [0.717, 1.165) is 0 Å². The highest BCUT2D eigenvalue weighted by Gasteiger charge is 2.12. The van der Waals surface area contributed by atoms with Crippen molar-refractivity contribution >= 4 is 5.91 Å². The van der Waals surface area contributed by atoms with E-state index in [9.17, 15) is 9.18 Å². The first kappa shape index (κ1) is 13.2. The second-order valence-corrected chi connectivity index (χ2v) is 3.80. The van der Waals surface area contributed by atoms with Gasteiger partial charge in [-0.3, -0.25) is 4.79 Å². The van der Waals surface area contributed by atoms with E-state index in [-0.39, 0.29) is 30.6 Å². The van der Waals surface area contributed by atoms with Crippen molar-refractivity contribution in [1.82, 2.24) is 5.32 Å². The Hall–Kier alpha value is -1.89. The Kier molecular flexibility index (Phi) is 5.15. The summed E-state index contributed by atoms with van der Waals surface area (Å²) in [6, 6.07) is 8.05. The fourth-order valence-electron chi connectivity index (χ4n) is 1.50. The van der Waals surface area contributed by atoms with E-state index >= 15 is 0 Å². The van der Waals surface area contributed by atoms with Crippen LogP contribution in [-0.2, 0) is 11.2 Å². The van der Waals surface area contributed by atoms with Crippen molar-refractivity contribution in [2.45, 2.75) is 32.2 Å². The molecule has 90 valence electrons. The molecular weight excluding hydrogens is 219 g/mol. The number of carbonyl (C=O) groups is 1. The number of hydrogen-bond acceptors (Lipinski definition) is 2. The molecular formula is C13H15FN2O. The van der Waals surface area contributed by atoms with E-state index in [1.54, 1.807) is 18.2 Å². The van der Waals surface area contributed by atoms with Gasteiger partial charge in [-0.15, -0.1) is 0 Å². The first-order valence-corrected chi connectivity index (χ1v) is 5.57. The summed E-state index contributed by atoms with van der Waals surface area (Å²) in [4.78, 5) is 11.6. The largest absolute Gasteiger partial charge is 0.352 e. The number of carbonyl (C=O) groups excluding carboxylic acids is 1. The first-order valence-electron chi connectivity index (χ1n) is 5.57. The number of hydrogen-bond donors (Lipinski definition) is 1. The van der Waals surface area contributed by atoms with Crippen LogP contribution in [0.1, 0.15) is 25.3 Å². The van der Waals surface area contributed by atoms with Crippen LogP contribution in [-0.4, -0.2) is 11.9 Å². The van der Waals surface area contributed by atoms with E-state index in [1.807, 2.05) is 13.0 Å². The van der Waals surface area contributed by atoms with Crippen LogP contribution in [0.2, 0.25) is 0 Å². The van der Waals surface area contributed by atoms with Gasteiger partial charge in [-0.2, -0.15) is 5.26 Å². The monoisotopic (exact) mass is 234 g/mol. The molecule has 0 aliphatic carbocycles. The van der Waals surface area contributed by atoms with E-state index in [2.05, 4.69) is 5.32 Å². The fraction of sp³-hybridized carbons (Fsp3) is 0.385. The van der Waals surface area contributed by atoms with Gasteiger partial charge in [0.1, 0.15) is 5.82 Å². The molecule has 0 aliphatic heterocycles. The van der Waals surface area contributed by atoms with Gasteiger partial charge in [0.15, 0.2) is 0 Å². The van der Waals surface area contributed by atoms with Gasteiger partial charge in [0, 0.05) is 6.04 Å². The van der Waals surface area contributed by atoms with Gasteiger partial charge >= 0.3 is 0 Å². The smallest absolute Gasteiger partial charge is 0.224 e. The van der Waals surface area contributed by atoms with Crippen molar-refractivity contribution in [3.8, 4) is 6.07 Å².